The molecule has 1 aromatic rings. The lowest BCUT2D eigenvalue weighted by Crippen LogP contribution is -1.92. The van der Waals surface area contributed by atoms with Gasteiger partial charge in [-0.2, -0.15) is 0 Å². The zero-order chi connectivity index (χ0) is 9.84. The first kappa shape index (κ1) is 9.85. The normalized spacial score (nSPS) is 11.5. The van der Waals surface area contributed by atoms with Crippen LogP contribution >= 0.6 is 0 Å². The molecule has 0 saturated carbocycles. The first-order valence-electron chi connectivity index (χ1n) is 4.51. The van der Waals surface area contributed by atoms with E-state index in [1.807, 2.05) is 26.0 Å². The van der Waals surface area contributed by atoms with Crippen LogP contribution in [0, 0.1) is 13.8 Å². The maximum absolute atomic E-state index is 5.61. The van der Waals surface area contributed by atoms with Crippen molar-refractivity contribution in [2.45, 2.75) is 27.7 Å². The molecule has 13 heavy (non-hydrogen) atoms. The molecule has 0 fully saturated rings. The van der Waals surface area contributed by atoms with Gasteiger partial charge in [-0.15, -0.1) is 0 Å². The Kier molecular flexibility index (Phi) is 3.13. The monoisotopic (exact) mass is 176 g/mol. The van der Waals surface area contributed by atoms with Gasteiger partial charge in [0.05, 0.1) is 5.76 Å². The zero-order valence-corrected chi connectivity index (χ0v) is 8.72. The van der Waals surface area contributed by atoms with E-state index in [0.29, 0.717) is 0 Å². The van der Waals surface area contributed by atoms with E-state index in [9.17, 15) is 0 Å². The second-order valence-electron chi connectivity index (χ2n) is 3.27. The molecule has 0 aliphatic carbocycles. The largest absolute Gasteiger partial charge is 0.462 e. The lowest BCUT2D eigenvalue weighted by atomic mass is 10.1. The van der Waals surface area contributed by atoms with E-state index >= 15 is 0 Å². The molecular formula is C12H16O. The number of benzene rings is 1. The predicted octanol–water partition coefficient (Wildman–Crippen LogP) is 3.61. The van der Waals surface area contributed by atoms with E-state index in [2.05, 4.69) is 26.0 Å². The lowest BCUT2D eigenvalue weighted by Gasteiger charge is -2.08. The molecule has 0 aromatic heterocycles. The van der Waals surface area contributed by atoms with Gasteiger partial charge in [-0.05, 0) is 45.4 Å². The minimum Gasteiger partial charge on any atom is -0.462 e. The van der Waals surface area contributed by atoms with E-state index in [4.69, 9.17) is 4.74 Å². The second-order valence-corrected chi connectivity index (χ2v) is 3.27. The van der Waals surface area contributed by atoms with Crippen LogP contribution in [0.1, 0.15) is 25.0 Å². The molecular weight excluding hydrogens is 160 g/mol. The highest BCUT2D eigenvalue weighted by Gasteiger charge is 1.99. The Labute approximate surface area is 80.0 Å². The first-order valence-corrected chi connectivity index (χ1v) is 4.51. The number of rotatable bonds is 2. The molecule has 0 saturated heterocycles. The molecule has 70 valence electrons. The van der Waals surface area contributed by atoms with Crippen molar-refractivity contribution >= 4 is 0 Å². The van der Waals surface area contributed by atoms with Gasteiger partial charge in [0.2, 0.25) is 0 Å². The van der Waals surface area contributed by atoms with Crippen LogP contribution < -0.4 is 4.74 Å². The Morgan fingerprint density at radius 3 is 2.54 bits per heavy atom. The van der Waals surface area contributed by atoms with Crippen LogP contribution in [0.4, 0.5) is 0 Å². The SMILES string of the molecule is C/C=C(/C)Oc1ccc(C)cc1C. The van der Waals surface area contributed by atoms with E-state index in [1.54, 1.807) is 0 Å². The Balaban J connectivity index is 2.90. The van der Waals surface area contributed by atoms with E-state index in [0.717, 1.165) is 11.5 Å². The summed E-state index contributed by atoms with van der Waals surface area (Å²) in [4.78, 5) is 0. The van der Waals surface area contributed by atoms with Crippen LogP contribution in [-0.4, -0.2) is 0 Å². The maximum Gasteiger partial charge on any atom is 0.129 e. The van der Waals surface area contributed by atoms with Crippen molar-refractivity contribution in [3.8, 4) is 5.75 Å². The molecule has 0 aliphatic rings. The summed E-state index contributed by atoms with van der Waals surface area (Å²) in [6, 6.07) is 6.20. The Bertz CT molecular complexity index is 324. The fourth-order valence-electron chi connectivity index (χ4n) is 1.15. The van der Waals surface area contributed by atoms with Crippen LogP contribution in [0.3, 0.4) is 0 Å². The summed E-state index contributed by atoms with van der Waals surface area (Å²) in [5.74, 6) is 1.88. The second kappa shape index (κ2) is 4.13. The Morgan fingerprint density at radius 2 is 2.00 bits per heavy atom. The summed E-state index contributed by atoms with van der Waals surface area (Å²) < 4.78 is 5.61. The molecule has 0 N–H and O–H groups in total. The van der Waals surface area contributed by atoms with Gasteiger partial charge in [-0.3, -0.25) is 0 Å². The first-order chi connectivity index (χ1) is 6.13. The third-order valence-corrected chi connectivity index (χ3v) is 2.01. The number of aryl methyl sites for hydroxylation is 2. The number of hydrogen-bond donors (Lipinski definition) is 0. The number of allylic oxidation sites excluding steroid dienone is 2. The topological polar surface area (TPSA) is 9.23 Å². The highest BCUT2D eigenvalue weighted by molar-refractivity contribution is 5.36. The molecule has 0 heterocycles. The van der Waals surface area contributed by atoms with Crippen LogP contribution in [0.2, 0.25) is 0 Å². The lowest BCUT2D eigenvalue weighted by molar-refractivity contribution is 0.423. The average molecular weight is 176 g/mol. The van der Waals surface area contributed by atoms with Crippen molar-refractivity contribution < 1.29 is 4.74 Å². The Hall–Kier alpha value is -1.24. The molecule has 0 amide bonds. The molecule has 1 aromatic carbocycles. The molecule has 1 heteroatoms. The summed E-state index contributed by atoms with van der Waals surface area (Å²) in [6.07, 6.45) is 1.96. The van der Waals surface area contributed by atoms with Crippen molar-refractivity contribution in [2.24, 2.45) is 0 Å². The van der Waals surface area contributed by atoms with Crippen molar-refractivity contribution in [3.63, 3.8) is 0 Å². The molecule has 0 atom stereocenters. The minimum atomic E-state index is 0.937. The summed E-state index contributed by atoms with van der Waals surface area (Å²) in [5, 5.41) is 0. The van der Waals surface area contributed by atoms with Crippen molar-refractivity contribution in [3.05, 3.63) is 41.2 Å². The van der Waals surface area contributed by atoms with Gasteiger partial charge in [-0.25, -0.2) is 0 Å². The van der Waals surface area contributed by atoms with Crippen LogP contribution in [0.25, 0.3) is 0 Å². The molecule has 0 unspecified atom stereocenters. The van der Waals surface area contributed by atoms with E-state index in [-0.39, 0.29) is 0 Å². The minimum absolute atomic E-state index is 0.937. The molecule has 0 aliphatic heterocycles. The van der Waals surface area contributed by atoms with Gasteiger partial charge >= 0.3 is 0 Å². The molecule has 1 rings (SSSR count). The third-order valence-electron chi connectivity index (χ3n) is 2.01. The van der Waals surface area contributed by atoms with Gasteiger partial charge in [0.15, 0.2) is 0 Å². The van der Waals surface area contributed by atoms with Gasteiger partial charge in [0, 0.05) is 0 Å². The van der Waals surface area contributed by atoms with Crippen LogP contribution in [0.5, 0.6) is 5.75 Å². The fourth-order valence-corrected chi connectivity index (χ4v) is 1.15. The molecule has 0 bridgehead atoms. The standard InChI is InChI=1S/C12H16O/c1-5-11(4)13-12-7-6-9(2)8-10(12)3/h5-8H,1-4H3/b11-5-. The fraction of sp³-hybridized carbons (Fsp3) is 0.333. The van der Waals surface area contributed by atoms with Crippen molar-refractivity contribution in [1.82, 2.24) is 0 Å². The van der Waals surface area contributed by atoms with Crippen molar-refractivity contribution in [2.75, 3.05) is 0 Å². The highest BCUT2D eigenvalue weighted by atomic mass is 16.5. The summed E-state index contributed by atoms with van der Waals surface area (Å²) in [7, 11) is 0. The van der Waals surface area contributed by atoms with Crippen LogP contribution in [-0.2, 0) is 0 Å². The predicted molar refractivity (Wildman–Crippen MR) is 56.0 cm³/mol. The quantitative estimate of drug-likeness (QED) is 0.625. The van der Waals surface area contributed by atoms with Crippen LogP contribution in [0.15, 0.2) is 30.0 Å². The number of ether oxygens (including phenoxy) is 1. The number of hydrogen-bond acceptors (Lipinski definition) is 1. The van der Waals surface area contributed by atoms with Crippen molar-refractivity contribution in [1.29, 1.82) is 0 Å². The molecule has 0 radical (unpaired) electrons. The molecule has 1 nitrogen and oxygen atoms in total. The highest BCUT2D eigenvalue weighted by Crippen LogP contribution is 2.20. The zero-order valence-electron chi connectivity index (χ0n) is 8.72. The summed E-state index contributed by atoms with van der Waals surface area (Å²) in [5.41, 5.74) is 2.45. The van der Waals surface area contributed by atoms with Gasteiger partial charge in [0.25, 0.3) is 0 Å². The Morgan fingerprint density at radius 1 is 1.31 bits per heavy atom. The van der Waals surface area contributed by atoms with Gasteiger partial charge in [0.1, 0.15) is 5.75 Å². The summed E-state index contributed by atoms with van der Waals surface area (Å²) >= 11 is 0. The molecule has 0 spiro atoms. The average Bonchev–Trinajstić information content (AvgIpc) is 2.09. The van der Waals surface area contributed by atoms with E-state index in [1.165, 1.54) is 11.1 Å². The maximum atomic E-state index is 5.61. The summed E-state index contributed by atoms with van der Waals surface area (Å²) in [6.45, 7) is 8.07. The van der Waals surface area contributed by atoms with Gasteiger partial charge < -0.3 is 4.74 Å². The smallest absolute Gasteiger partial charge is 0.129 e. The third kappa shape index (κ3) is 2.62. The van der Waals surface area contributed by atoms with Gasteiger partial charge in [-0.1, -0.05) is 17.7 Å². The van der Waals surface area contributed by atoms with E-state index < -0.39 is 0 Å².